The highest BCUT2D eigenvalue weighted by Crippen LogP contribution is 2.71. The Morgan fingerprint density at radius 1 is 0.875 bits per heavy atom. The quantitative estimate of drug-likeness (QED) is 0.524. The maximum Gasteiger partial charge on any atom is 0.171 e. The highest BCUT2D eigenvalue weighted by molar-refractivity contribution is 5.16. The molecule has 0 amide bonds. The summed E-state index contributed by atoms with van der Waals surface area (Å²) in [5, 5.41) is 31.9. The average molecular weight is 449 g/mol. The third kappa shape index (κ3) is 2.81. The summed E-state index contributed by atoms with van der Waals surface area (Å²) in [6.45, 7) is 9.46. The van der Waals surface area contributed by atoms with Gasteiger partial charge in [0.15, 0.2) is 5.79 Å². The van der Waals surface area contributed by atoms with E-state index in [9.17, 15) is 15.3 Å². The van der Waals surface area contributed by atoms with Crippen LogP contribution in [0.25, 0.3) is 0 Å². The third-order valence-corrected chi connectivity index (χ3v) is 12.0. The van der Waals surface area contributed by atoms with Gasteiger partial charge in [0.05, 0.1) is 30.5 Å². The summed E-state index contributed by atoms with van der Waals surface area (Å²) < 4.78 is 13.1. The molecule has 4 aliphatic carbocycles. The number of ether oxygens (including phenoxy) is 2. The molecule has 6 aliphatic rings. The van der Waals surface area contributed by atoms with Gasteiger partial charge in [-0.25, -0.2) is 0 Å². The van der Waals surface area contributed by atoms with Gasteiger partial charge in [0, 0.05) is 12.3 Å². The lowest BCUT2D eigenvalue weighted by Gasteiger charge is -2.62. The van der Waals surface area contributed by atoms with Gasteiger partial charge in [0.25, 0.3) is 0 Å². The van der Waals surface area contributed by atoms with Crippen molar-refractivity contribution < 1.29 is 24.8 Å². The highest BCUT2D eigenvalue weighted by atomic mass is 16.7. The SMILES string of the molecule is CC1C2C(CC3C4CCC5C[C@@H](O)C[C@@H](O)C5(C)C4CCC32C)OC12CCC(C)(O)CO2. The van der Waals surface area contributed by atoms with Gasteiger partial charge in [0.2, 0.25) is 0 Å². The summed E-state index contributed by atoms with van der Waals surface area (Å²) in [5.74, 6) is 2.67. The zero-order chi connectivity index (χ0) is 22.7. The Labute approximate surface area is 193 Å². The molecule has 2 heterocycles. The molecular weight excluding hydrogens is 404 g/mol. The van der Waals surface area contributed by atoms with E-state index < -0.39 is 11.4 Å². The maximum absolute atomic E-state index is 11.2. The van der Waals surface area contributed by atoms with E-state index in [1.54, 1.807) is 0 Å². The van der Waals surface area contributed by atoms with Crippen molar-refractivity contribution in [2.24, 2.45) is 46.3 Å². The van der Waals surface area contributed by atoms with Crippen LogP contribution in [-0.4, -0.2) is 51.6 Å². The van der Waals surface area contributed by atoms with Gasteiger partial charge in [-0.15, -0.1) is 0 Å². The van der Waals surface area contributed by atoms with Crippen molar-refractivity contribution in [2.75, 3.05) is 6.61 Å². The van der Waals surface area contributed by atoms with Crippen LogP contribution in [0.3, 0.4) is 0 Å². The van der Waals surface area contributed by atoms with Crippen LogP contribution >= 0.6 is 0 Å². The fourth-order valence-corrected chi connectivity index (χ4v) is 10.3. The standard InChI is InChI=1S/C27H44O5/c1-15-23-21(32-27(15)10-9-24(2,30)14-31-27)13-20-18-6-5-16-11-17(28)12-22(29)26(16,4)19(18)7-8-25(20,23)3/h15-23,28-30H,5-14H2,1-4H3/t15?,16?,17-,18?,19?,20?,21?,22-,23?,24?,25?,26?,27?/m1/s1. The van der Waals surface area contributed by atoms with E-state index in [1.807, 2.05) is 6.92 Å². The number of hydrogen-bond acceptors (Lipinski definition) is 5. The average Bonchev–Trinajstić information content (AvgIpc) is 3.17. The molecule has 6 fully saturated rings. The van der Waals surface area contributed by atoms with E-state index in [2.05, 4.69) is 20.8 Å². The minimum atomic E-state index is -0.737. The van der Waals surface area contributed by atoms with E-state index in [1.165, 1.54) is 19.3 Å². The van der Waals surface area contributed by atoms with Crippen LogP contribution in [0.2, 0.25) is 0 Å². The maximum atomic E-state index is 11.2. The van der Waals surface area contributed by atoms with Crippen LogP contribution < -0.4 is 0 Å². The zero-order valence-corrected chi connectivity index (χ0v) is 20.4. The fraction of sp³-hybridized carbons (Fsp3) is 1.00. The Bertz CT molecular complexity index is 757. The van der Waals surface area contributed by atoms with Gasteiger partial charge in [-0.3, -0.25) is 0 Å². The molecule has 32 heavy (non-hydrogen) atoms. The molecule has 0 aromatic rings. The Morgan fingerprint density at radius 2 is 1.66 bits per heavy atom. The minimum absolute atomic E-state index is 0.0487. The second kappa shape index (κ2) is 6.94. The van der Waals surface area contributed by atoms with Crippen molar-refractivity contribution >= 4 is 0 Å². The van der Waals surface area contributed by atoms with Crippen LogP contribution in [0.15, 0.2) is 0 Å². The van der Waals surface area contributed by atoms with Gasteiger partial charge in [-0.1, -0.05) is 20.8 Å². The monoisotopic (exact) mass is 448 g/mol. The second-order valence-corrected chi connectivity index (χ2v) is 13.5. The number of aliphatic hydroxyl groups is 3. The summed E-state index contributed by atoms with van der Waals surface area (Å²) in [7, 11) is 0. The summed E-state index contributed by atoms with van der Waals surface area (Å²) in [5.41, 5.74) is -0.521. The van der Waals surface area contributed by atoms with Crippen LogP contribution in [0, 0.1) is 46.3 Å². The molecule has 5 nitrogen and oxygen atoms in total. The molecule has 0 aromatic carbocycles. The Hall–Kier alpha value is -0.200. The number of rotatable bonds is 0. The van der Waals surface area contributed by atoms with Crippen molar-refractivity contribution in [3.8, 4) is 0 Å². The third-order valence-electron chi connectivity index (χ3n) is 12.0. The van der Waals surface area contributed by atoms with E-state index in [0.29, 0.717) is 48.5 Å². The van der Waals surface area contributed by atoms with Crippen molar-refractivity contribution in [2.45, 2.75) is 115 Å². The molecule has 1 spiro atoms. The topological polar surface area (TPSA) is 79.2 Å². The number of aliphatic hydroxyl groups excluding tert-OH is 2. The molecule has 11 unspecified atom stereocenters. The predicted molar refractivity (Wildman–Crippen MR) is 121 cm³/mol. The lowest BCUT2D eigenvalue weighted by Crippen LogP contribution is -2.59. The van der Waals surface area contributed by atoms with Gasteiger partial charge >= 0.3 is 0 Å². The van der Waals surface area contributed by atoms with E-state index in [4.69, 9.17) is 9.47 Å². The van der Waals surface area contributed by atoms with E-state index in [-0.39, 0.29) is 29.1 Å². The molecule has 5 heteroatoms. The lowest BCUT2D eigenvalue weighted by molar-refractivity contribution is -0.294. The lowest BCUT2D eigenvalue weighted by atomic mass is 9.43. The largest absolute Gasteiger partial charge is 0.393 e. The molecule has 6 rings (SSSR count). The molecule has 3 N–H and O–H groups in total. The van der Waals surface area contributed by atoms with Gasteiger partial charge in [-0.2, -0.15) is 0 Å². The Morgan fingerprint density at radius 3 is 2.38 bits per heavy atom. The van der Waals surface area contributed by atoms with Crippen molar-refractivity contribution in [3.63, 3.8) is 0 Å². The van der Waals surface area contributed by atoms with E-state index in [0.717, 1.165) is 32.1 Å². The minimum Gasteiger partial charge on any atom is -0.393 e. The number of fused-ring (bicyclic) bond motifs is 7. The first-order chi connectivity index (χ1) is 15.0. The van der Waals surface area contributed by atoms with Crippen LogP contribution in [0.4, 0.5) is 0 Å². The summed E-state index contributed by atoms with van der Waals surface area (Å²) >= 11 is 0. The molecule has 2 aliphatic heterocycles. The van der Waals surface area contributed by atoms with Crippen molar-refractivity contribution in [1.82, 2.24) is 0 Å². The summed E-state index contributed by atoms with van der Waals surface area (Å²) in [4.78, 5) is 0. The normalized spacial score (nSPS) is 64.0. The van der Waals surface area contributed by atoms with Crippen LogP contribution in [0.1, 0.15) is 85.5 Å². The van der Waals surface area contributed by atoms with Crippen molar-refractivity contribution in [1.29, 1.82) is 0 Å². The molecule has 13 atom stereocenters. The second-order valence-electron chi connectivity index (χ2n) is 13.5. The molecule has 182 valence electrons. The first-order valence-electron chi connectivity index (χ1n) is 13.4. The predicted octanol–water partition coefficient (Wildman–Crippen LogP) is 3.88. The molecule has 0 bridgehead atoms. The van der Waals surface area contributed by atoms with Crippen molar-refractivity contribution in [3.05, 3.63) is 0 Å². The Kier molecular flexibility index (Phi) is 4.83. The van der Waals surface area contributed by atoms with Gasteiger partial charge in [0.1, 0.15) is 0 Å². The van der Waals surface area contributed by atoms with Crippen LogP contribution in [0.5, 0.6) is 0 Å². The smallest absolute Gasteiger partial charge is 0.171 e. The van der Waals surface area contributed by atoms with Gasteiger partial charge < -0.3 is 24.8 Å². The zero-order valence-electron chi connectivity index (χ0n) is 20.4. The van der Waals surface area contributed by atoms with E-state index >= 15 is 0 Å². The van der Waals surface area contributed by atoms with Gasteiger partial charge in [-0.05, 0) is 98.7 Å². The Balaban J connectivity index is 1.26. The van der Waals surface area contributed by atoms with Crippen LogP contribution in [-0.2, 0) is 9.47 Å². The molecular formula is C27H44O5. The first kappa shape index (κ1) is 22.3. The molecule has 2 saturated heterocycles. The fourth-order valence-electron chi connectivity index (χ4n) is 10.3. The summed E-state index contributed by atoms with van der Waals surface area (Å²) in [6, 6.07) is 0. The highest BCUT2D eigenvalue weighted by Gasteiger charge is 2.70. The first-order valence-corrected chi connectivity index (χ1v) is 13.4. The summed E-state index contributed by atoms with van der Waals surface area (Å²) in [6.07, 6.45) is 8.39. The molecule has 0 radical (unpaired) electrons. The number of hydrogen-bond donors (Lipinski definition) is 3. The molecule has 4 saturated carbocycles. The molecule has 0 aromatic heterocycles.